The molecule has 2 N–H and O–H groups in total. The van der Waals surface area contributed by atoms with Gasteiger partial charge in [-0.1, -0.05) is 42.5 Å². The van der Waals surface area contributed by atoms with E-state index in [-0.39, 0.29) is 6.61 Å². The van der Waals surface area contributed by atoms with Gasteiger partial charge in [0, 0.05) is 6.21 Å². The molecule has 1 aromatic rings. The van der Waals surface area contributed by atoms with E-state index in [1.807, 2.05) is 37.3 Å². The maximum absolute atomic E-state index is 9.63. The predicted molar refractivity (Wildman–Crippen MR) is 65.7 cm³/mol. The number of aliphatic imine (C=N–C) groups is 1. The molecule has 0 radical (unpaired) electrons. The highest BCUT2D eigenvalue weighted by atomic mass is 16.3. The van der Waals surface area contributed by atoms with Crippen LogP contribution < -0.4 is 0 Å². The molecular formula is C13H17NO2. The number of hydrogen-bond donors (Lipinski definition) is 2. The molecule has 0 unspecified atom stereocenters. The van der Waals surface area contributed by atoms with Gasteiger partial charge < -0.3 is 10.2 Å². The van der Waals surface area contributed by atoms with E-state index in [1.165, 1.54) is 0 Å². The molecule has 0 bridgehead atoms. The number of benzene rings is 1. The monoisotopic (exact) mass is 219 g/mol. The second-order valence-electron chi connectivity index (χ2n) is 3.46. The van der Waals surface area contributed by atoms with Gasteiger partial charge in [-0.3, -0.25) is 4.99 Å². The van der Waals surface area contributed by atoms with Crippen LogP contribution in [0.3, 0.4) is 0 Å². The molecular weight excluding hydrogens is 202 g/mol. The van der Waals surface area contributed by atoms with Crippen LogP contribution in [0.1, 0.15) is 12.5 Å². The second kappa shape index (κ2) is 6.93. The Morgan fingerprint density at radius 1 is 1.31 bits per heavy atom. The van der Waals surface area contributed by atoms with Gasteiger partial charge in [0.1, 0.15) is 6.04 Å². The van der Waals surface area contributed by atoms with Crippen LogP contribution in [0.25, 0.3) is 0 Å². The number of hydrogen-bond acceptors (Lipinski definition) is 3. The molecule has 0 aliphatic heterocycles. The van der Waals surface area contributed by atoms with Gasteiger partial charge in [-0.2, -0.15) is 0 Å². The van der Waals surface area contributed by atoms with Gasteiger partial charge in [0.05, 0.1) is 12.7 Å². The number of nitrogens with zero attached hydrogens (tertiary/aromatic N) is 1. The average molecular weight is 219 g/mol. The summed E-state index contributed by atoms with van der Waals surface area (Å²) in [6.45, 7) is 1.65. The molecule has 3 heteroatoms. The Morgan fingerprint density at radius 2 is 2.00 bits per heavy atom. The minimum Gasteiger partial charge on any atom is -0.394 e. The van der Waals surface area contributed by atoms with Crippen molar-refractivity contribution in [2.75, 3.05) is 6.61 Å². The van der Waals surface area contributed by atoms with Gasteiger partial charge in [-0.25, -0.2) is 0 Å². The van der Waals surface area contributed by atoms with Gasteiger partial charge >= 0.3 is 0 Å². The molecule has 2 atom stereocenters. The predicted octanol–water partition coefficient (Wildman–Crippen LogP) is 1.40. The first-order chi connectivity index (χ1) is 7.77. The highest BCUT2D eigenvalue weighted by Gasteiger charge is 2.12. The number of allylic oxidation sites excluding steroid dienone is 1. The van der Waals surface area contributed by atoms with Gasteiger partial charge in [0.2, 0.25) is 0 Å². The summed E-state index contributed by atoms with van der Waals surface area (Å²) < 4.78 is 0. The van der Waals surface area contributed by atoms with Crippen molar-refractivity contribution in [1.29, 1.82) is 0 Å². The first kappa shape index (κ1) is 12.6. The zero-order chi connectivity index (χ0) is 11.8. The minimum atomic E-state index is -0.741. The molecule has 3 nitrogen and oxygen atoms in total. The van der Waals surface area contributed by atoms with E-state index in [2.05, 4.69) is 4.99 Å². The lowest BCUT2D eigenvalue weighted by atomic mass is 10.1. The van der Waals surface area contributed by atoms with E-state index in [0.717, 1.165) is 5.56 Å². The van der Waals surface area contributed by atoms with Crippen LogP contribution in [0.5, 0.6) is 0 Å². The van der Waals surface area contributed by atoms with Crippen molar-refractivity contribution in [3.63, 3.8) is 0 Å². The summed E-state index contributed by atoms with van der Waals surface area (Å²) >= 11 is 0. The van der Waals surface area contributed by atoms with E-state index >= 15 is 0 Å². The summed E-state index contributed by atoms with van der Waals surface area (Å²) in [5.41, 5.74) is 0.952. The zero-order valence-electron chi connectivity index (χ0n) is 9.32. The van der Waals surface area contributed by atoms with Crippen LogP contribution in [0.15, 0.2) is 47.5 Å². The molecule has 16 heavy (non-hydrogen) atoms. The molecule has 1 rings (SSSR count). The fraction of sp³-hybridized carbons (Fsp3) is 0.308. The van der Waals surface area contributed by atoms with E-state index in [1.54, 1.807) is 18.4 Å². The normalized spacial score (nSPS) is 15.7. The van der Waals surface area contributed by atoms with Gasteiger partial charge in [0.15, 0.2) is 0 Å². The Morgan fingerprint density at radius 3 is 2.56 bits per heavy atom. The standard InChI is InChI=1S/C13H17NO2/c1-2-6-13(16)12(10-15)14-9-11-7-4-3-5-8-11/h2-9,12-13,15-16H,10H2,1H3/b6-2+,14-9?/t12-,13+/m0/s1. The first-order valence-electron chi connectivity index (χ1n) is 5.28. The van der Waals surface area contributed by atoms with Crippen molar-refractivity contribution in [3.8, 4) is 0 Å². The molecule has 0 aromatic heterocycles. The lowest BCUT2D eigenvalue weighted by Gasteiger charge is -2.12. The Bertz CT molecular complexity index is 346. The molecule has 0 fully saturated rings. The molecule has 1 aromatic carbocycles. The third kappa shape index (κ3) is 3.96. The summed E-state index contributed by atoms with van der Waals surface area (Å²) in [6.07, 6.45) is 4.28. The maximum atomic E-state index is 9.63. The zero-order valence-corrected chi connectivity index (χ0v) is 9.32. The SMILES string of the molecule is C/C=C/[C@@H](O)[C@H](CO)N=Cc1ccccc1. The smallest absolute Gasteiger partial charge is 0.102 e. The van der Waals surface area contributed by atoms with Crippen LogP contribution in [0.2, 0.25) is 0 Å². The van der Waals surface area contributed by atoms with Crippen molar-refractivity contribution in [1.82, 2.24) is 0 Å². The molecule has 0 aliphatic carbocycles. The number of aliphatic hydroxyl groups is 2. The topological polar surface area (TPSA) is 52.8 Å². The largest absolute Gasteiger partial charge is 0.394 e. The van der Waals surface area contributed by atoms with Crippen molar-refractivity contribution >= 4 is 6.21 Å². The Kier molecular flexibility index (Phi) is 5.46. The Balaban J connectivity index is 2.66. The van der Waals surface area contributed by atoms with Crippen molar-refractivity contribution in [3.05, 3.63) is 48.0 Å². The second-order valence-corrected chi connectivity index (χ2v) is 3.46. The lowest BCUT2D eigenvalue weighted by Crippen LogP contribution is -2.26. The summed E-state index contributed by atoms with van der Waals surface area (Å²) in [5, 5.41) is 18.7. The molecule has 0 spiro atoms. The highest BCUT2D eigenvalue weighted by molar-refractivity contribution is 5.79. The lowest BCUT2D eigenvalue weighted by molar-refractivity contribution is 0.145. The van der Waals surface area contributed by atoms with E-state index in [4.69, 9.17) is 5.11 Å². The van der Waals surface area contributed by atoms with E-state index < -0.39 is 12.1 Å². The van der Waals surface area contributed by atoms with Crippen molar-refractivity contribution < 1.29 is 10.2 Å². The van der Waals surface area contributed by atoms with Gasteiger partial charge in [-0.05, 0) is 12.5 Å². The van der Waals surface area contributed by atoms with Crippen LogP contribution in [0.4, 0.5) is 0 Å². The first-order valence-corrected chi connectivity index (χ1v) is 5.28. The molecule has 86 valence electrons. The van der Waals surface area contributed by atoms with Gasteiger partial charge in [0.25, 0.3) is 0 Å². The molecule has 0 amide bonds. The Labute approximate surface area is 95.8 Å². The quantitative estimate of drug-likeness (QED) is 0.581. The fourth-order valence-corrected chi connectivity index (χ4v) is 1.29. The van der Waals surface area contributed by atoms with Crippen LogP contribution >= 0.6 is 0 Å². The summed E-state index contributed by atoms with van der Waals surface area (Å²) in [4.78, 5) is 4.15. The van der Waals surface area contributed by atoms with Crippen LogP contribution in [-0.4, -0.2) is 35.2 Å². The molecule has 0 saturated carbocycles. The van der Waals surface area contributed by atoms with Crippen LogP contribution in [0, 0.1) is 0 Å². The molecule has 0 aliphatic rings. The van der Waals surface area contributed by atoms with Crippen LogP contribution in [-0.2, 0) is 0 Å². The van der Waals surface area contributed by atoms with Crippen molar-refractivity contribution in [2.24, 2.45) is 4.99 Å². The third-order valence-corrected chi connectivity index (χ3v) is 2.19. The number of rotatable bonds is 5. The third-order valence-electron chi connectivity index (χ3n) is 2.19. The molecule has 0 saturated heterocycles. The van der Waals surface area contributed by atoms with E-state index in [9.17, 15) is 5.11 Å². The Hall–Kier alpha value is -1.45. The van der Waals surface area contributed by atoms with Crippen molar-refractivity contribution in [2.45, 2.75) is 19.1 Å². The maximum Gasteiger partial charge on any atom is 0.102 e. The highest BCUT2D eigenvalue weighted by Crippen LogP contribution is 2.02. The minimum absolute atomic E-state index is 0.172. The average Bonchev–Trinajstić information content (AvgIpc) is 2.31. The summed E-state index contributed by atoms with van der Waals surface area (Å²) in [6, 6.07) is 9.08. The van der Waals surface area contributed by atoms with E-state index in [0.29, 0.717) is 0 Å². The van der Waals surface area contributed by atoms with Gasteiger partial charge in [-0.15, -0.1) is 0 Å². The summed E-state index contributed by atoms with van der Waals surface area (Å²) in [5.74, 6) is 0. The fourth-order valence-electron chi connectivity index (χ4n) is 1.29. The molecule has 0 heterocycles. The number of aliphatic hydroxyl groups excluding tert-OH is 2. The summed E-state index contributed by atoms with van der Waals surface area (Å²) in [7, 11) is 0.